The summed E-state index contributed by atoms with van der Waals surface area (Å²) in [7, 11) is -7.41. The van der Waals surface area contributed by atoms with E-state index in [1.807, 2.05) is 13.8 Å². The number of carbonyl (C=O) groups is 1. The molecule has 1 aromatic rings. The Labute approximate surface area is 167 Å². The molecule has 0 saturated carbocycles. The van der Waals surface area contributed by atoms with Crippen molar-refractivity contribution in [3.63, 3.8) is 0 Å². The Kier molecular flexibility index (Phi) is 5.86. The first-order chi connectivity index (χ1) is 13.0. The van der Waals surface area contributed by atoms with Crippen molar-refractivity contribution in [2.75, 3.05) is 29.7 Å². The zero-order valence-electron chi connectivity index (χ0n) is 16.2. The summed E-state index contributed by atoms with van der Waals surface area (Å²) in [6.07, 6.45) is 3.39. The molecule has 0 bridgehead atoms. The van der Waals surface area contributed by atoms with Gasteiger partial charge in [-0.15, -0.1) is 0 Å². The van der Waals surface area contributed by atoms with Crippen LogP contribution >= 0.6 is 0 Å². The predicted octanol–water partition coefficient (Wildman–Crippen LogP) is 1.30. The van der Waals surface area contributed by atoms with Gasteiger partial charge in [-0.1, -0.05) is 6.42 Å². The lowest BCUT2D eigenvalue weighted by molar-refractivity contribution is -0.116. The van der Waals surface area contributed by atoms with Crippen LogP contribution in [-0.4, -0.2) is 58.6 Å². The fourth-order valence-corrected chi connectivity index (χ4v) is 6.26. The summed E-state index contributed by atoms with van der Waals surface area (Å²) >= 11 is 0. The van der Waals surface area contributed by atoms with E-state index in [0.29, 0.717) is 0 Å². The van der Waals surface area contributed by atoms with E-state index in [2.05, 4.69) is 9.62 Å². The minimum Gasteiger partial charge on any atom is -0.297 e. The lowest BCUT2D eigenvalue weighted by Crippen LogP contribution is -2.53. The monoisotopic (exact) mass is 429 g/mol. The number of hydrogen-bond donors (Lipinski definition) is 1. The molecule has 2 aliphatic heterocycles. The first-order valence-corrected chi connectivity index (χ1v) is 12.5. The summed E-state index contributed by atoms with van der Waals surface area (Å²) in [5, 5.41) is 0. The maximum absolute atomic E-state index is 12.7. The normalized spacial score (nSPS) is 21.2. The molecule has 156 valence electrons. The molecule has 0 aliphatic carbocycles. The van der Waals surface area contributed by atoms with Crippen LogP contribution in [0.5, 0.6) is 0 Å². The quantitative estimate of drug-likeness (QED) is 0.731. The standard InChI is InChI=1S/C18H27N3O5S2/c1-18(2,20-11-4-3-5-12-20)14-19-28(25,26)16-8-6-15(7-9-16)21-17(22)10-13-27(21,23)24/h6-9,19H,3-5,10-14H2,1-2H3. The minimum absolute atomic E-state index is 0.0368. The summed E-state index contributed by atoms with van der Waals surface area (Å²) in [5.74, 6) is -0.726. The third kappa shape index (κ3) is 4.40. The molecular weight excluding hydrogens is 402 g/mol. The predicted molar refractivity (Wildman–Crippen MR) is 107 cm³/mol. The molecule has 2 heterocycles. The molecule has 1 N–H and O–H groups in total. The Morgan fingerprint density at radius 2 is 1.68 bits per heavy atom. The highest BCUT2D eigenvalue weighted by Crippen LogP contribution is 2.26. The molecule has 0 radical (unpaired) electrons. The SMILES string of the molecule is CC(C)(CNS(=O)(=O)c1ccc(N2C(=O)CCS2(=O)=O)cc1)N1CCCCC1. The van der Waals surface area contributed by atoms with Gasteiger partial charge >= 0.3 is 0 Å². The number of rotatable bonds is 6. The van der Waals surface area contributed by atoms with Crippen LogP contribution in [0.4, 0.5) is 5.69 Å². The molecular formula is C18H27N3O5S2. The number of amides is 1. The van der Waals surface area contributed by atoms with Gasteiger partial charge < -0.3 is 0 Å². The molecule has 0 atom stereocenters. The highest BCUT2D eigenvalue weighted by molar-refractivity contribution is 7.94. The number of piperidine rings is 1. The van der Waals surface area contributed by atoms with Crippen molar-refractivity contribution < 1.29 is 21.6 Å². The van der Waals surface area contributed by atoms with E-state index in [-0.39, 0.29) is 34.8 Å². The summed E-state index contributed by atoms with van der Waals surface area (Å²) in [6, 6.07) is 5.36. The van der Waals surface area contributed by atoms with Crippen LogP contribution in [0.3, 0.4) is 0 Å². The minimum atomic E-state index is -3.74. The van der Waals surface area contributed by atoms with Crippen LogP contribution < -0.4 is 9.03 Å². The summed E-state index contributed by atoms with van der Waals surface area (Å²) in [5.41, 5.74) is -0.140. The van der Waals surface area contributed by atoms with Crippen molar-refractivity contribution in [3.05, 3.63) is 24.3 Å². The second-order valence-corrected chi connectivity index (χ2v) is 11.6. The van der Waals surface area contributed by atoms with Gasteiger partial charge in [-0.05, 0) is 64.0 Å². The van der Waals surface area contributed by atoms with Crippen LogP contribution in [-0.2, 0) is 24.8 Å². The second-order valence-electron chi connectivity index (χ2n) is 7.90. The Morgan fingerprint density at radius 3 is 2.21 bits per heavy atom. The largest absolute Gasteiger partial charge is 0.297 e. The Bertz CT molecular complexity index is 934. The van der Waals surface area contributed by atoms with Gasteiger partial charge in [0.05, 0.1) is 16.3 Å². The second kappa shape index (κ2) is 7.74. The Balaban J connectivity index is 1.71. The highest BCUT2D eigenvalue weighted by atomic mass is 32.2. The van der Waals surface area contributed by atoms with Crippen molar-refractivity contribution in [1.82, 2.24) is 9.62 Å². The van der Waals surface area contributed by atoms with E-state index in [4.69, 9.17) is 0 Å². The lowest BCUT2D eigenvalue weighted by Gasteiger charge is -2.41. The van der Waals surface area contributed by atoms with Crippen molar-refractivity contribution in [2.45, 2.75) is 50.0 Å². The molecule has 1 aromatic carbocycles. The van der Waals surface area contributed by atoms with E-state index in [1.54, 1.807) is 0 Å². The summed E-state index contributed by atoms with van der Waals surface area (Å²) in [6.45, 7) is 6.24. The zero-order valence-corrected chi connectivity index (χ0v) is 17.9. The molecule has 2 aliphatic rings. The number of nitrogens with one attached hydrogen (secondary N) is 1. The summed E-state index contributed by atoms with van der Waals surface area (Å²) in [4.78, 5) is 14.2. The third-order valence-corrected chi connectivity index (χ3v) is 8.47. The van der Waals surface area contributed by atoms with Crippen LogP contribution in [0, 0.1) is 0 Å². The first-order valence-electron chi connectivity index (χ1n) is 9.44. The average molecular weight is 430 g/mol. The van der Waals surface area contributed by atoms with Gasteiger partial charge in [0.25, 0.3) is 0 Å². The maximum atomic E-state index is 12.7. The molecule has 0 aromatic heterocycles. The van der Waals surface area contributed by atoms with Crippen molar-refractivity contribution in [3.8, 4) is 0 Å². The molecule has 28 heavy (non-hydrogen) atoms. The van der Waals surface area contributed by atoms with Crippen molar-refractivity contribution in [2.24, 2.45) is 0 Å². The maximum Gasteiger partial charge on any atom is 0.242 e. The number of benzene rings is 1. The fourth-order valence-electron chi connectivity index (χ4n) is 3.60. The molecule has 8 nitrogen and oxygen atoms in total. The van der Waals surface area contributed by atoms with Gasteiger partial charge in [0.15, 0.2) is 0 Å². The summed E-state index contributed by atoms with van der Waals surface area (Å²) < 4.78 is 52.7. The van der Waals surface area contributed by atoms with Gasteiger partial charge in [0.1, 0.15) is 0 Å². The van der Waals surface area contributed by atoms with E-state index >= 15 is 0 Å². The van der Waals surface area contributed by atoms with Gasteiger partial charge in [0, 0.05) is 18.5 Å². The number of sulfonamides is 2. The molecule has 2 saturated heterocycles. The lowest BCUT2D eigenvalue weighted by atomic mass is 9.99. The van der Waals surface area contributed by atoms with E-state index in [9.17, 15) is 21.6 Å². The average Bonchev–Trinajstić information content (AvgIpc) is 2.94. The number of anilines is 1. The van der Waals surface area contributed by atoms with E-state index in [1.165, 1.54) is 30.7 Å². The fraction of sp³-hybridized carbons (Fsp3) is 0.611. The Morgan fingerprint density at radius 1 is 1.07 bits per heavy atom. The zero-order chi connectivity index (χ0) is 20.6. The number of nitrogens with zero attached hydrogens (tertiary/aromatic N) is 2. The van der Waals surface area contributed by atoms with Crippen LogP contribution in [0.1, 0.15) is 39.5 Å². The van der Waals surface area contributed by atoms with Crippen molar-refractivity contribution in [1.29, 1.82) is 0 Å². The van der Waals surface area contributed by atoms with Gasteiger partial charge in [-0.25, -0.2) is 25.9 Å². The van der Waals surface area contributed by atoms with Crippen LogP contribution in [0.2, 0.25) is 0 Å². The highest BCUT2D eigenvalue weighted by Gasteiger charge is 2.36. The van der Waals surface area contributed by atoms with Crippen LogP contribution in [0.25, 0.3) is 0 Å². The molecule has 1 amide bonds. The third-order valence-electron chi connectivity index (χ3n) is 5.37. The first kappa shape index (κ1) is 21.2. The molecule has 0 spiro atoms. The molecule has 2 fully saturated rings. The van der Waals surface area contributed by atoms with Crippen molar-refractivity contribution >= 4 is 31.6 Å². The molecule has 0 unspecified atom stereocenters. The van der Waals surface area contributed by atoms with Gasteiger partial charge in [-0.3, -0.25) is 9.69 Å². The smallest absolute Gasteiger partial charge is 0.242 e. The number of hydrogen-bond acceptors (Lipinski definition) is 6. The molecule has 10 heteroatoms. The topological polar surface area (TPSA) is 104 Å². The van der Waals surface area contributed by atoms with E-state index < -0.39 is 26.0 Å². The van der Waals surface area contributed by atoms with Gasteiger partial charge in [-0.2, -0.15) is 0 Å². The Hall–Kier alpha value is -1.49. The number of likely N-dealkylation sites (tertiary alicyclic amines) is 1. The van der Waals surface area contributed by atoms with Crippen LogP contribution in [0.15, 0.2) is 29.2 Å². The van der Waals surface area contributed by atoms with Gasteiger partial charge in [0.2, 0.25) is 26.0 Å². The molecule has 3 rings (SSSR count). The van der Waals surface area contributed by atoms with E-state index in [0.717, 1.165) is 30.2 Å². The number of carbonyl (C=O) groups excluding carboxylic acids is 1.